The third kappa shape index (κ3) is 1.61. The number of carbonyl (C=O) groups is 1. The van der Waals surface area contributed by atoms with Crippen molar-refractivity contribution < 1.29 is 9.53 Å². The highest BCUT2D eigenvalue weighted by Gasteiger charge is 2.28. The van der Waals surface area contributed by atoms with Crippen LogP contribution in [0.5, 0.6) is 0 Å². The summed E-state index contributed by atoms with van der Waals surface area (Å²) < 4.78 is 5.19. The first kappa shape index (κ1) is 8.05. The number of hydrogen-bond donors (Lipinski definition) is 1. The van der Waals surface area contributed by atoms with Gasteiger partial charge in [-0.2, -0.15) is 0 Å². The molecule has 0 aromatic carbocycles. The van der Waals surface area contributed by atoms with Gasteiger partial charge in [-0.3, -0.25) is 4.79 Å². The smallest absolute Gasteiger partial charge is 0.246 e. The van der Waals surface area contributed by atoms with E-state index in [1.54, 1.807) is 0 Å². The molecule has 1 saturated carbocycles. The standard InChI is InChI=1S/C9H15NO2/c11-9-6-12-5-8(10-9)7-3-1-2-4-7/h7-8H,1-6H2,(H,10,11). The van der Waals surface area contributed by atoms with E-state index in [1.807, 2.05) is 0 Å². The lowest BCUT2D eigenvalue weighted by Crippen LogP contribution is -2.48. The molecule has 1 aliphatic heterocycles. The van der Waals surface area contributed by atoms with Gasteiger partial charge in [-0.15, -0.1) is 0 Å². The Kier molecular flexibility index (Phi) is 2.30. The Bertz CT molecular complexity index is 175. The molecule has 0 aromatic heterocycles. The largest absolute Gasteiger partial charge is 0.370 e. The number of hydrogen-bond acceptors (Lipinski definition) is 2. The molecule has 0 bridgehead atoms. The van der Waals surface area contributed by atoms with Gasteiger partial charge in [-0.25, -0.2) is 0 Å². The summed E-state index contributed by atoms with van der Waals surface area (Å²) >= 11 is 0. The van der Waals surface area contributed by atoms with Gasteiger partial charge >= 0.3 is 0 Å². The average molecular weight is 169 g/mol. The molecule has 0 spiro atoms. The molecule has 12 heavy (non-hydrogen) atoms. The molecule has 1 atom stereocenters. The molecule has 1 saturated heterocycles. The van der Waals surface area contributed by atoms with Gasteiger partial charge < -0.3 is 10.1 Å². The second-order valence-electron chi connectivity index (χ2n) is 3.73. The van der Waals surface area contributed by atoms with Crippen LogP contribution in [0.1, 0.15) is 25.7 Å². The first-order chi connectivity index (χ1) is 5.86. The van der Waals surface area contributed by atoms with E-state index in [1.165, 1.54) is 25.7 Å². The molecule has 3 nitrogen and oxygen atoms in total. The van der Waals surface area contributed by atoms with Crippen molar-refractivity contribution in [2.75, 3.05) is 13.2 Å². The summed E-state index contributed by atoms with van der Waals surface area (Å²) in [4.78, 5) is 11.0. The van der Waals surface area contributed by atoms with Crippen LogP contribution < -0.4 is 5.32 Å². The monoisotopic (exact) mass is 169 g/mol. The predicted molar refractivity (Wildman–Crippen MR) is 44.7 cm³/mol. The third-order valence-corrected chi connectivity index (χ3v) is 2.85. The fraction of sp³-hybridized carbons (Fsp3) is 0.889. The van der Waals surface area contributed by atoms with Crippen LogP contribution in [0, 0.1) is 5.92 Å². The topological polar surface area (TPSA) is 38.3 Å². The Hall–Kier alpha value is -0.570. The third-order valence-electron chi connectivity index (χ3n) is 2.85. The molecule has 1 aliphatic carbocycles. The van der Waals surface area contributed by atoms with E-state index in [9.17, 15) is 4.79 Å². The van der Waals surface area contributed by atoms with Crippen molar-refractivity contribution in [3.05, 3.63) is 0 Å². The summed E-state index contributed by atoms with van der Waals surface area (Å²) in [5.41, 5.74) is 0. The number of amides is 1. The maximum Gasteiger partial charge on any atom is 0.246 e. The van der Waals surface area contributed by atoms with Crippen molar-refractivity contribution in [1.29, 1.82) is 0 Å². The van der Waals surface area contributed by atoms with Crippen molar-refractivity contribution in [3.63, 3.8) is 0 Å². The van der Waals surface area contributed by atoms with E-state index in [0.717, 1.165) is 6.61 Å². The minimum Gasteiger partial charge on any atom is -0.370 e. The van der Waals surface area contributed by atoms with Gasteiger partial charge in [0.1, 0.15) is 6.61 Å². The molecular formula is C9H15NO2. The quantitative estimate of drug-likeness (QED) is 0.627. The van der Waals surface area contributed by atoms with Gasteiger partial charge in [-0.1, -0.05) is 12.8 Å². The molecule has 1 amide bonds. The second-order valence-corrected chi connectivity index (χ2v) is 3.73. The first-order valence-corrected chi connectivity index (χ1v) is 4.73. The Morgan fingerprint density at radius 1 is 1.33 bits per heavy atom. The number of nitrogens with one attached hydrogen (secondary N) is 1. The lowest BCUT2D eigenvalue weighted by Gasteiger charge is -2.28. The van der Waals surface area contributed by atoms with Crippen LogP contribution in [-0.2, 0) is 9.53 Å². The zero-order valence-electron chi connectivity index (χ0n) is 7.21. The highest BCUT2D eigenvalue weighted by Crippen LogP contribution is 2.28. The van der Waals surface area contributed by atoms with Gasteiger partial charge in [0.05, 0.1) is 12.6 Å². The van der Waals surface area contributed by atoms with Crippen LogP contribution in [0.2, 0.25) is 0 Å². The summed E-state index contributed by atoms with van der Waals surface area (Å²) in [7, 11) is 0. The fourth-order valence-corrected chi connectivity index (χ4v) is 2.18. The van der Waals surface area contributed by atoms with Gasteiger partial charge in [0.25, 0.3) is 0 Å². The SMILES string of the molecule is O=C1COCC(C2CCCC2)N1. The molecule has 2 fully saturated rings. The zero-order chi connectivity index (χ0) is 8.39. The molecule has 0 radical (unpaired) electrons. The lowest BCUT2D eigenvalue weighted by molar-refractivity contribution is -0.132. The summed E-state index contributed by atoms with van der Waals surface area (Å²) in [5, 5.41) is 2.99. The minimum absolute atomic E-state index is 0.0538. The van der Waals surface area contributed by atoms with Crippen LogP contribution in [0.25, 0.3) is 0 Å². The Balaban J connectivity index is 1.89. The van der Waals surface area contributed by atoms with Gasteiger partial charge in [-0.05, 0) is 18.8 Å². The van der Waals surface area contributed by atoms with Crippen LogP contribution in [-0.4, -0.2) is 25.2 Å². The van der Waals surface area contributed by atoms with Crippen molar-refractivity contribution in [3.8, 4) is 0 Å². The summed E-state index contributed by atoms with van der Waals surface area (Å²) in [6.07, 6.45) is 5.15. The second kappa shape index (κ2) is 3.44. The number of carbonyl (C=O) groups excluding carboxylic acids is 1. The van der Waals surface area contributed by atoms with Crippen molar-refractivity contribution in [1.82, 2.24) is 5.32 Å². The van der Waals surface area contributed by atoms with Gasteiger partial charge in [0.15, 0.2) is 0 Å². The van der Waals surface area contributed by atoms with E-state index in [-0.39, 0.29) is 12.5 Å². The van der Waals surface area contributed by atoms with E-state index in [0.29, 0.717) is 12.0 Å². The highest BCUT2D eigenvalue weighted by molar-refractivity contribution is 5.78. The van der Waals surface area contributed by atoms with Gasteiger partial charge in [0.2, 0.25) is 5.91 Å². The summed E-state index contributed by atoms with van der Waals surface area (Å²) in [6.45, 7) is 0.972. The van der Waals surface area contributed by atoms with Crippen molar-refractivity contribution >= 4 is 5.91 Å². The molecule has 2 aliphatic rings. The molecule has 3 heteroatoms. The maximum absolute atomic E-state index is 11.0. The van der Waals surface area contributed by atoms with Crippen LogP contribution in [0.4, 0.5) is 0 Å². The molecule has 2 rings (SSSR count). The van der Waals surface area contributed by atoms with Crippen LogP contribution in [0.3, 0.4) is 0 Å². The summed E-state index contributed by atoms with van der Waals surface area (Å²) in [5.74, 6) is 0.729. The van der Waals surface area contributed by atoms with Crippen LogP contribution in [0.15, 0.2) is 0 Å². The minimum atomic E-state index is 0.0538. The van der Waals surface area contributed by atoms with E-state index < -0.39 is 0 Å². The lowest BCUT2D eigenvalue weighted by atomic mass is 9.98. The first-order valence-electron chi connectivity index (χ1n) is 4.73. The predicted octanol–water partition coefficient (Wildman–Crippen LogP) is 0.692. The summed E-state index contributed by atoms with van der Waals surface area (Å²) in [6, 6.07) is 0.300. The van der Waals surface area contributed by atoms with Gasteiger partial charge in [0, 0.05) is 0 Å². The zero-order valence-corrected chi connectivity index (χ0v) is 7.21. The normalized spacial score (nSPS) is 32.0. The maximum atomic E-state index is 11.0. The highest BCUT2D eigenvalue weighted by atomic mass is 16.5. The van der Waals surface area contributed by atoms with Crippen molar-refractivity contribution in [2.24, 2.45) is 5.92 Å². The van der Waals surface area contributed by atoms with E-state index >= 15 is 0 Å². The fourth-order valence-electron chi connectivity index (χ4n) is 2.18. The number of ether oxygens (including phenoxy) is 1. The molecule has 1 heterocycles. The number of rotatable bonds is 1. The molecule has 1 N–H and O–H groups in total. The average Bonchev–Trinajstić information content (AvgIpc) is 2.56. The molecule has 0 aromatic rings. The molecule has 68 valence electrons. The Morgan fingerprint density at radius 3 is 2.75 bits per heavy atom. The molecule has 1 unspecified atom stereocenters. The van der Waals surface area contributed by atoms with E-state index in [2.05, 4.69) is 5.32 Å². The Morgan fingerprint density at radius 2 is 2.08 bits per heavy atom. The number of morpholine rings is 1. The Labute approximate surface area is 72.5 Å². The van der Waals surface area contributed by atoms with Crippen LogP contribution >= 0.6 is 0 Å². The molecular weight excluding hydrogens is 154 g/mol. The van der Waals surface area contributed by atoms with E-state index in [4.69, 9.17) is 4.74 Å². The van der Waals surface area contributed by atoms with Crippen molar-refractivity contribution in [2.45, 2.75) is 31.7 Å².